The standard InChI is InChI=1S/C20H22ClN5O2S/c1-12-16-18(26-8-6-25(2)7-9-26)22-11-23-20(16)29-17(12)19(27)24-13-4-5-15(28-3)14(21)10-13/h4-5,10-11H,6-9H2,1-3H3,(H,24,27). The molecule has 0 spiro atoms. The van der Waals surface area contributed by atoms with Gasteiger partial charge in [0.1, 0.15) is 22.7 Å². The minimum absolute atomic E-state index is 0.184. The molecule has 152 valence electrons. The molecule has 7 nitrogen and oxygen atoms in total. The number of carbonyl (C=O) groups excluding carboxylic acids is 1. The zero-order valence-electron chi connectivity index (χ0n) is 16.5. The second-order valence-corrected chi connectivity index (χ2v) is 8.43. The topological polar surface area (TPSA) is 70.6 Å². The maximum atomic E-state index is 13.0. The Morgan fingerprint density at radius 2 is 2.00 bits per heavy atom. The predicted octanol–water partition coefficient (Wildman–Crippen LogP) is 3.67. The van der Waals surface area contributed by atoms with Crippen molar-refractivity contribution in [3.8, 4) is 5.75 Å². The zero-order chi connectivity index (χ0) is 20.5. The minimum Gasteiger partial charge on any atom is -0.495 e. The van der Waals surface area contributed by atoms with Crippen LogP contribution < -0.4 is 15.0 Å². The summed E-state index contributed by atoms with van der Waals surface area (Å²) in [5.74, 6) is 1.29. The summed E-state index contributed by atoms with van der Waals surface area (Å²) >= 11 is 7.55. The Balaban J connectivity index is 1.64. The molecule has 0 unspecified atom stereocenters. The van der Waals surface area contributed by atoms with Crippen molar-refractivity contribution in [3.05, 3.63) is 40.0 Å². The molecule has 1 aromatic carbocycles. The van der Waals surface area contributed by atoms with Crippen molar-refractivity contribution in [2.45, 2.75) is 6.92 Å². The van der Waals surface area contributed by atoms with Crippen LogP contribution in [0.4, 0.5) is 11.5 Å². The molecule has 1 N–H and O–H groups in total. The lowest BCUT2D eigenvalue weighted by Crippen LogP contribution is -2.44. The van der Waals surface area contributed by atoms with Gasteiger partial charge in [-0.25, -0.2) is 9.97 Å². The molecular formula is C20H22ClN5O2S. The average Bonchev–Trinajstić information content (AvgIpc) is 3.06. The van der Waals surface area contributed by atoms with Crippen LogP contribution in [0, 0.1) is 6.92 Å². The molecule has 1 aliphatic rings. The first-order valence-corrected chi connectivity index (χ1v) is 10.5. The second-order valence-electron chi connectivity index (χ2n) is 7.03. The molecule has 1 fully saturated rings. The van der Waals surface area contributed by atoms with Gasteiger partial charge in [0.25, 0.3) is 5.91 Å². The van der Waals surface area contributed by atoms with Crippen molar-refractivity contribution in [1.82, 2.24) is 14.9 Å². The van der Waals surface area contributed by atoms with E-state index in [0.29, 0.717) is 21.3 Å². The summed E-state index contributed by atoms with van der Waals surface area (Å²) in [6.07, 6.45) is 1.58. The number of benzene rings is 1. The highest BCUT2D eigenvalue weighted by molar-refractivity contribution is 7.20. The molecule has 29 heavy (non-hydrogen) atoms. The number of thiophene rings is 1. The summed E-state index contributed by atoms with van der Waals surface area (Å²) < 4.78 is 5.16. The van der Waals surface area contributed by atoms with Crippen molar-refractivity contribution < 1.29 is 9.53 Å². The Hall–Kier alpha value is -2.42. The Kier molecular flexibility index (Phi) is 5.58. The fourth-order valence-electron chi connectivity index (χ4n) is 3.46. The van der Waals surface area contributed by atoms with E-state index < -0.39 is 0 Å². The van der Waals surface area contributed by atoms with Crippen LogP contribution in [0.2, 0.25) is 5.02 Å². The number of hydrogen-bond acceptors (Lipinski definition) is 7. The third-order valence-electron chi connectivity index (χ3n) is 5.13. The Bertz CT molecular complexity index is 1060. The molecule has 1 amide bonds. The molecule has 0 bridgehead atoms. The average molecular weight is 432 g/mol. The number of nitrogens with one attached hydrogen (secondary N) is 1. The van der Waals surface area contributed by atoms with Crippen molar-refractivity contribution in [2.75, 3.05) is 50.6 Å². The summed E-state index contributed by atoms with van der Waals surface area (Å²) in [5.41, 5.74) is 1.51. The van der Waals surface area contributed by atoms with Crippen molar-refractivity contribution in [2.24, 2.45) is 0 Å². The van der Waals surface area contributed by atoms with E-state index in [4.69, 9.17) is 16.3 Å². The van der Waals surface area contributed by atoms with E-state index in [2.05, 4.69) is 32.1 Å². The first kappa shape index (κ1) is 19.9. The molecule has 0 atom stereocenters. The molecule has 9 heteroatoms. The van der Waals surface area contributed by atoms with E-state index in [1.54, 1.807) is 31.6 Å². The summed E-state index contributed by atoms with van der Waals surface area (Å²) in [5, 5.41) is 4.32. The van der Waals surface area contributed by atoms with Gasteiger partial charge in [-0.1, -0.05) is 11.6 Å². The van der Waals surface area contributed by atoms with E-state index in [1.807, 2.05) is 6.92 Å². The van der Waals surface area contributed by atoms with Crippen LogP contribution in [0.1, 0.15) is 15.2 Å². The van der Waals surface area contributed by atoms with E-state index in [0.717, 1.165) is 47.8 Å². The summed E-state index contributed by atoms with van der Waals surface area (Å²) in [7, 11) is 3.68. The van der Waals surface area contributed by atoms with Crippen LogP contribution in [0.25, 0.3) is 10.2 Å². The highest BCUT2D eigenvalue weighted by Gasteiger charge is 2.23. The molecular weight excluding hydrogens is 410 g/mol. The summed E-state index contributed by atoms with van der Waals surface area (Å²) in [6.45, 7) is 5.74. The minimum atomic E-state index is -0.184. The number of carbonyl (C=O) groups is 1. The van der Waals surface area contributed by atoms with Gasteiger partial charge in [0, 0.05) is 31.9 Å². The van der Waals surface area contributed by atoms with Gasteiger partial charge < -0.3 is 19.9 Å². The van der Waals surface area contributed by atoms with Gasteiger partial charge in [-0.05, 0) is 37.7 Å². The molecule has 3 heterocycles. The van der Waals surface area contributed by atoms with Crippen LogP contribution in [0.5, 0.6) is 5.75 Å². The lowest BCUT2D eigenvalue weighted by atomic mass is 10.1. The van der Waals surface area contributed by atoms with Crippen LogP contribution >= 0.6 is 22.9 Å². The first-order valence-electron chi connectivity index (χ1n) is 9.30. The number of hydrogen-bond donors (Lipinski definition) is 1. The van der Waals surface area contributed by atoms with Gasteiger partial charge >= 0.3 is 0 Å². The van der Waals surface area contributed by atoms with Gasteiger partial charge in [0.15, 0.2) is 0 Å². The number of likely N-dealkylation sites (N-methyl/N-ethyl adjacent to an activating group) is 1. The fourth-order valence-corrected chi connectivity index (χ4v) is 4.76. The molecule has 0 saturated carbocycles. The largest absolute Gasteiger partial charge is 0.495 e. The Morgan fingerprint density at radius 1 is 1.24 bits per heavy atom. The van der Waals surface area contributed by atoms with Gasteiger partial charge in [-0.2, -0.15) is 0 Å². The summed E-state index contributed by atoms with van der Waals surface area (Å²) in [4.78, 5) is 27.9. The van der Waals surface area contributed by atoms with Gasteiger partial charge in [0.05, 0.1) is 22.4 Å². The van der Waals surface area contributed by atoms with Gasteiger partial charge in [-0.15, -0.1) is 11.3 Å². The van der Waals surface area contributed by atoms with Crippen molar-refractivity contribution in [1.29, 1.82) is 0 Å². The van der Waals surface area contributed by atoms with Crippen LogP contribution in [-0.2, 0) is 0 Å². The number of methoxy groups -OCH3 is 1. The van der Waals surface area contributed by atoms with E-state index >= 15 is 0 Å². The number of fused-ring (bicyclic) bond motifs is 1. The van der Waals surface area contributed by atoms with E-state index in [1.165, 1.54) is 11.3 Å². The SMILES string of the molecule is COc1ccc(NC(=O)c2sc3ncnc(N4CCN(C)CC4)c3c2C)cc1Cl. The Morgan fingerprint density at radius 3 is 2.69 bits per heavy atom. The lowest BCUT2D eigenvalue weighted by molar-refractivity contribution is 0.103. The molecule has 1 saturated heterocycles. The molecule has 0 aliphatic carbocycles. The van der Waals surface area contributed by atoms with Crippen LogP contribution in [0.15, 0.2) is 24.5 Å². The van der Waals surface area contributed by atoms with E-state index in [-0.39, 0.29) is 5.91 Å². The van der Waals surface area contributed by atoms with Gasteiger partial charge in [0.2, 0.25) is 0 Å². The zero-order valence-corrected chi connectivity index (χ0v) is 18.1. The smallest absolute Gasteiger partial charge is 0.266 e. The summed E-state index contributed by atoms with van der Waals surface area (Å²) in [6, 6.07) is 5.17. The number of rotatable bonds is 4. The van der Waals surface area contributed by atoms with Crippen LogP contribution in [0.3, 0.4) is 0 Å². The molecule has 4 rings (SSSR count). The lowest BCUT2D eigenvalue weighted by Gasteiger charge is -2.33. The number of aromatic nitrogens is 2. The first-order chi connectivity index (χ1) is 14.0. The van der Waals surface area contributed by atoms with Gasteiger partial charge in [-0.3, -0.25) is 4.79 Å². The van der Waals surface area contributed by atoms with E-state index in [9.17, 15) is 4.79 Å². The quantitative estimate of drug-likeness (QED) is 0.679. The van der Waals surface area contributed by atoms with Crippen LogP contribution in [-0.4, -0.2) is 61.1 Å². The van der Waals surface area contributed by atoms with Crippen molar-refractivity contribution in [3.63, 3.8) is 0 Å². The number of amides is 1. The normalized spacial score (nSPS) is 15.0. The fraction of sp³-hybridized carbons (Fsp3) is 0.350. The highest BCUT2D eigenvalue weighted by Crippen LogP contribution is 2.36. The Labute approximate surface area is 178 Å². The number of piperazine rings is 1. The number of ether oxygens (including phenoxy) is 1. The predicted molar refractivity (Wildman–Crippen MR) is 118 cm³/mol. The number of anilines is 2. The maximum Gasteiger partial charge on any atom is 0.266 e. The highest BCUT2D eigenvalue weighted by atomic mass is 35.5. The molecule has 0 radical (unpaired) electrons. The molecule has 1 aliphatic heterocycles. The third-order valence-corrected chi connectivity index (χ3v) is 6.62. The number of halogens is 1. The molecule has 3 aromatic rings. The number of nitrogens with zero attached hydrogens (tertiary/aromatic N) is 4. The van der Waals surface area contributed by atoms with Crippen molar-refractivity contribution >= 4 is 50.6 Å². The third kappa shape index (κ3) is 3.88. The number of aryl methyl sites for hydroxylation is 1. The second kappa shape index (κ2) is 8.14. The monoisotopic (exact) mass is 431 g/mol. The molecule has 2 aromatic heterocycles. The maximum absolute atomic E-state index is 13.0.